The van der Waals surface area contributed by atoms with E-state index in [1.54, 1.807) is 31.2 Å². The van der Waals surface area contributed by atoms with E-state index in [0.717, 1.165) is 5.56 Å². The van der Waals surface area contributed by atoms with Gasteiger partial charge in [0.2, 0.25) is 0 Å². The number of hydrogen-bond donors (Lipinski definition) is 2. The highest BCUT2D eigenvalue weighted by atomic mass is 16.5. The van der Waals surface area contributed by atoms with Gasteiger partial charge in [0, 0.05) is 0 Å². The highest BCUT2D eigenvalue weighted by Crippen LogP contribution is 2.28. The number of nitrogens with one attached hydrogen (secondary N) is 2. The molecule has 0 bridgehead atoms. The number of amides is 2. The number of benzene rings is 2. The Kier molecular flexibility index (Phi) is 6.29. The van der Waals surface area contributed by atoms with Gasteiger partial charge in [-0.25, -0.2) is 9.59 Å². The van der Waals surface area contributed by atoms with Crippen molar-refractivity contribution in [2.75, 3.05) is 13.2 Å². The predicted octanol–water partition coefficient (Wildman–Crippen LogP) is 3.14. The summed E-state index contributed by atoms with van der Waals surface area (Å²) in [4.78, 5) is 36.8. The molecule has 0 aliphatic carbocycles. The lowest BCUT2D eigenvalue weighted by Gasteiger charge is -2.29. The van der Waals surface area contributed by atoms with Crippen LogP contribution in [-0.4, -0.2) is 31.0 Å². The van der Waals surface area contributed by atoms with Gasteiger partial charge in [-0.3, -0.25) is 4.79 Å². The first-order valence-corrected chi connectivity index (χ1v) is 9.26. The van der Waals surface area contributed by atoms with Gasteiger partial charge < -0.3 is 20.1 Å². The third-order valence-electron chi connectivity index (χ3n) is 4.42. The average Bonchev–Trinajstić information content (AvgIpc) is 2.72. The van der Waals surface area contributed by atoms with Crippen molar-refractivity contribution in [3.05, 3.63) is 77.0 Å². The molecular weight excluding hydrogens is 372 g/mol. The van der Waals surface area contributed by atoms with Crippen LogP contribution < -0.4 is 15.4 Å². The van der Waals surface area contributed by atoms with Gasteiger partial charge in [-0.1, -0.05) is 42.5 Å². The molecule has 1 heterocycles. The normalized spacial score (nSPS) is 15.9. The van der Waals surface area contributed by atoms with Gasteiger partial charge in [-0.15, -0.1) is 0 Å². The van der Waals surface area contributed by atoms with Crippen LogP contribution in [0.4, 0.5) is 4.79 Å². The van der Waals surface area contributed by atoms with E-state index in [1.807, 2.05) is 30.3 Å². The Balaban J connectivity index is 1.98. The Morgan fingerprint density at radius 3 is 2.41 bits per heavy atom. The van der Waals surface area contributed by atoms with Gasteiger partial charge >= 0.3 is 12.0 Å². The molecular formula is C22H22N2O5. The van der Waals surface area contributed by atoms with Crippen LogP contribution in [0.5, 0.6) is 5.75 Å². The Morgan fingerprint density at radius 2 is 1.72 bits per heavy atom. The largest absolute Gasteiger partial charge is 0.487 e. The van der Waals surface area contributed by atoms with Crippen molar-refractivity contribution in [2.45, 2.75) is 19.9 Å². The average molecular weight is 394 g/mol. The standard InChI is InChI=1S/C22H22N2O5/c1-3-28-21(26)19-17(13-29-18-12-8-7-11-16(18)14(2)25)23-22(27)24-20(19)15-9-5-4-6-10-15/h4-12,20H,3,13H2,1-2H3,(H2,23,24,27)/t20-/m1/s1. The summed E-state index contributed by atoms with van der Waals surface area (Å²) in [6.07, 6.45) is 0. The highest BCUT2D eigenvalue weighted by Gasteiger charge is 2.34. The molecule has 1 atom stereocenters. The van der Waals surface area contributed by atoms with Crippen molar-refractivity contribution in [1.29, 1.82) is 0 Å². The quantitative estimate of drug-likeness (QED) is 0.556. The van der Waals surface area contributed by atoms with Crippen LogP contribution in [0.25, 0.3) is 0 Å². The first-order valence-electron chi connectivity index (χ1n) is 9.26. The van der Waals surface area contributed by atoms with Crippen LogP contribution in [0, 0.1) is 0 Å². The lowest BCUT2D eigenvalue weighted by atomic mass is 9.95. The van der Waals surface area contributed by atoms with Crippen molar-refractivity contribution in [1.82, 2.24) is 10.6 Å². The van der Waals surface area contributed by atoms with Crippen LogP contribution >= 0.6 is 0 Å². The topological polar surface area (TPSA) is 93.7 Å². The minimum absolute atomic E-state index is 0.102. The van der Waals surface area contributed by atoms with Gasteiger partial charge in [-0.05, 0) is 31.5 Å². The maximum Gasteiger partial charge on any atom is 0.338 e. The predicted molar refractivity (Wildman–Crippen MR) is 106 cm³/mol. The van der Waals surface area contributed by atoms with Crippen molar-refractivity contribution >= 4 is 17.8 Å². The summed E-state index contributed by atoms with van der Waals surface area (Å²) in [5.41, 5.74) is 1.72. The first kappa shape index (κ1) is 20.1. The van der Waals surface area contributed by atoms with Crippen LogP contribution in [0.15, 0.2) is 65.9 Å². The molecule has 1 aliphatic heterocycles. The van der Waals surface area contributed by atoms with Crippen LogP contribution in [0.3, 0.4) is 0 Å². The van der Waals surface area contributed by atoms with Gasteiger partial charge in [0.25, 0.3) is 0 Å². The number of Topliss-reactive ketones (excluding diaryl/α,β-unsaturated/α-hetero) is 1. The fraction of sp³-hybridized carbons (Fsp3) is 0.227. The van der Waals surface area contributed by atoms with Crippen molar-refractivity contribution in [3.63, 3.8) is 0 Å². The van der Waals surface area contributed by atoms with E-state index in [1.165, 1.54) is 6.92 Å². The number of ketones is 1. The summed E-state index contributed by atoms with van der Waals surface area (Å²) in [7, 11) is 0. The van der Waals surface area contributed by atoms with Crippen LogP contribution in [-0.2, 0) is 9.53 Å². The number of carbonyl (C=O) groups is 3. The number of para-hydroxylation sites is 1. The summed E-state index contributed by atoms with van der Waals surface area (Å²) in [5.74, 6) is -0.316. The van der Waals surface area contributed by atoms with E-state index in [2.05, 4.69) is 10.6 Å². The zero-order valence-corrected chi connectivity index (χ0v) is 16.2. The Morgan fingerprint density at radius 1 is 1.03 bits per heavy atom. The van der Waals surface area contributed by atoms with Gasteiger partial charge in [0.15, 0.2) is 5.78 Å². The maximum absolute atomic E-state index is 12.7. The molecule has 0 radical (unpaired) electrons. The molecule has 0 saturated carbocycles. The smallest absolute Gasteiger partial charge is 0.338 e. The van der Waals surface area contributed by atoms with E-state index >= 15 is 0 Å². The molecule has 7 heteroatoms. The van der Waals surface area contributed by atoms with Crippen molar-refractivity contribution in [3.8, 4) is 5.75 Å². The molecule has 0 unspecified atom stereocenters. The molecule has 2 aromatic rings. The van der Waals surface area contributed by atoms with E-state index in [4.69, 9.17) is 9.47 Å². The molecule has 0 fully saturated rings. The van der Waals surface area contributed by atoms with Crippen molar-refractivity contribution < 1.29 is 23.9 Å². The molecule has 150 valence electrons. The number of carbonyl (C=O) groups excluding carboxylic acids is 3. The second kappa shape index (κ2) is 9.05. The van der Waals surface area contributed by atoms with E-state index in [0.29, 0.717) is 17.0 Å². The molecule has 0 spiro atoms. The fourth-order valence-corrected chi connectivity index (χ4v) is 3.11. The lowest BCUT2D eigenvalue weighted by molar-refractivity contribution is -0.139. The zero-order chi connectivity index (χ0) is 20.8. The number of hydrogen-bond acceptors (Lipinski definition) is 5. The Hall–Kier alpha value is -3.61. The number of ether oxygens (including phenoxy) is 2. The summed E-state index contributed by atoms with van der Waals surface area (Å²) in [5, 5.41) is 5.40. The fourth-order valence-electron chi connectivity index (χ4n) is 3.11. The molecule has 7 nitrogen and oxygen atoms in total. The van der Waals surface area contributed by atoms with E-state index in [-0.39, 0.29) is 24.6 Å². The molecule has 1 aliphatic rings. The van der Waals surface area contributed by atoms with Crippen LogP contribution in [0.1, 0.15) is 35.8 Å². The monoisotopic (exact) mass is 394 g/mol. The third kappa shape index (κ3) is 4.63. The molecule has 2 aromatic carbocycles. The number of urea groups is 1. The molecule has 2 amide bonds. The minimum Gasteiger partial charge on any atom is -0.487 e. The number of esters is 1. The summed E-state index contributed by atoms with van der Waals surface area (Å²) >= 11 is 0. The molecule has 0 saturated heterocycles. The molecule has 29 heavy (non-hydrogen) atoms. The lowest BCUT2D eigenvalue weighted by Crippen LogP contribution is -2.47. The maximum atomic E-state index is 12.7. The molecule has 0 aromatic heterocycles. The molecule has 3 rings (SSSR count). The first-order chi connectivity index (χ1) is 14.0. The van der Waals surface area contributed by atoms with Gasteiger partial charge in [0.05, 0.1) is 29.5 Å². The molecule has 2 N–H and O–H groups in total. The SMILES string of the molecule is CCOC(=O)C1=C(COc2ccccc2C(C)=O)NC(=O)N[C@@H]1c1ccccc1. The summed E-state index contributed by atoms with van der Waals surface area (Å²) in [6.45, 7) is 3.25. The third-order valence-corrected chi connectivity index (χ3v) is 4.42. The second-order valence-corrected chi connectivity index (χ2v) is 6.40. The Bertz CT molecular complexity index is 953. The zero-order valence-electron chi connectivity index (χ0n) is 16.2. The van der Waals surface area contributed by atoms with Gasteiger partial charge in [0.1, 0.15) is 12.4 Å². The van der Waals surface area contributed by atoms with E-state index < -0.39 is 18.0 Å². The minimum atomic E-state index is -0.675. The second-order valence-electron chi connectivity index (χ2n) is 6.40. The Labute approximate surface area is 168 Å². The highest BCUT2D eigenvalue weighted by molar-refractivity contribution is 5.97. The number of rotatable bonds is 7. The summed E-state index contributed by atoms with van der Waals surface area (Å²) in [6, 6.07) is 14.8. The van der Waals surface area contributed by atoms with Gasteiger partial charge in [-0.2, -0.15) is 0 Å². The van der Waals surface area contributed by atoms with Crippen LogP contribution in [0.2, 0.25) is 0 Å². The van der Waals surface area contributed by atoms with Crippen molar-refractivity contribution in [2.24, 2.45) is 0 Å². The summed E-state index contributed by atoms with van der Waals surface area (Å²) < 4.78 is 11.0. The van der Waals surface area contributed by atoms with E-state index in [9.17, 15) is 14.4 Å².